The molecule has 0 saturated carbocycles. The maximum absolute atomic E-state index is 3.76. The zero-order valence-electron chi connectivity index (χ0n) is 12.7. The smallest absolute Gasteiger partial charge is 0.0233 e. The van der Waals surface area contributed by atoms with Crippen LogP contribution in [0.1, 0.15) is 25.0 Å². The van der Waals surface area contributed by atoms with Gasteiger partial charge in [-0.05, 0) is 43.6 Å². The second kappa shape index (κ2) is 8.89. The molecule has 19 heavy (non-hydrogen) atoms. The Morgan fingerprint density at radius 2 is 1.84 bits per heavy atom. The van der Waals surface area contributed by atoms with E-state index in [4.69, 9.17) is 0 Å². The summed E-state index contributed by atoms with van der Waals surface area (Å²) < 4.78 is 0. The predicted octanol–water partition coefficient (Wildman–Crippen LogP) is 3.09. The minimum atomic E-state index is 0.725. The van der Waals surface area contributed by atoms with Crippen molar-refractivity contribution in [2.45, 2.75) is 26.8 Å². The summed E-state index contributed by atoms with van der Waals surface area (Å²) in [5.74, 6) is 0.725. The van der Waals surface area contributed by atoms with E-state index < -0.39 is 0 Å². The summed E-state index contributed by atoms with van der Waals surface area (Å²) in [5.41, 5.74) is 2.77. The van der Waals surface area contributed by atoms with Gasteiger partial charge < -0.3 is 5.32 Å². The van der Waals surface area contributed by atoms with Crippen molar-refractivity contribution in [3.63, 3.8) is 0 Å². The molecule has 0 heterocycles. The highest BCUT2D eigenvalue weighted by Gasteiger charge is 1.99. The second-order valence-corrected chi connectivity index (χ2v) is 5.65. The Morgan fingerprint density at radius 3 is 2.42 bits per heavy atom. The zero-order valence-corrected chi connectivity index (χ0v) is 12.7. The third-order valence-electron chi connectivity index (χ3n) is 3.06. The first-order valence-corrected chi connectivity index (χ1v) is 7.19. The van der Waals surface area contributed by atoms with Gasteiger partial charge in [0.15, 0.2) is 0 Å². The lowest BCUT2D eigenvalue weighted by Gasteiger charge is -2.14. The Labute approximate surface area is 118 Å². The molecular formula is C17H28N2. The van der Waals surface area contributed by atoms with Gasteiger partial charge >= 0.3 is 0 Å². The zero-order chi connectivity index (χ0) is 14.1. The second-order valence-electron chi connectivity index (χ2n) is 5.65. The molecule has 2 heteroatoms. The summed E-state index contributed by atoms with van der Waals surface area (Å²) in [4.78, 5) is 2.26. The van der Waals surface area contributed by atoms with Crippen molar-refractivity contribution in [1.82, 2.24) is 10.2 Å². The van der Waals surface area contributed by atoms with Gasteiger partial charge in [-0.1, -0.05) is 44.2 Å². The molecule has 0 aliphatic heterocycles. The van der Waals surface area contributed by atoms with Crippen LogP contribution in [0.5, 0.6) is 0 Å². The van der Waals surface area contributed by atoms with Crippen LogP contribution in [0, 0.1) is 5.92 Å². The lowest BCUT2D eigenvalue weighted by atomic mass is 10.1. The monoisotopic (exact) mass is 260 g/mol. The third kappa shape index (κ3) is 7.14. The van der Waals surface area contributed by atoms with Crippen molar-refractivity contribution in [3.05, 3.63) is 48.0 Å². The summed E-state index contributed by atoms with van der Waals surface area (Å²) >= 11 is 0. The molecule has 1 N–H and O–H groups in total. The average Bonchev–Trinajstić information content (AvgIpc) is 2.36. The predicted molar refractivity (Wildman–Crippen MR) is 84.4 cm³/mol. The molecule has 0 spiro atoms. The van der Waals surface area contributed by atoms with E-state index in [1.807, 2.05) is 6.08 Å². The Kier molecular flexibility index (Phi) is 7.46. The highest BCUT2D eigenvalue weighted by molar-refractivity contribution is 5.22. The molecule has 0 atom stereocenters. The molecule has 106 valence electrons. The molecule has 0 aliphatic carbocycles. The molecule has 1 rings (SSSR count). The highest BCUT2D eigenvalue weighted by Crippen LogP contribution is 2.07. The number of rotatable bonds is 9. The van der Waals surface area contributed by atoms with Crippen molar-refractivity contribution in [2.24, 2.45) is 5.92 Å². The summed E-state index contributed by atoms with van der Waals surface area (Å²) in [6.07, 6.45) is 3.05. The van der Waals surface area contributed by atoms with E-state index >= 15 is 0 Å². The summed E-state index contributed by atoms with van der Waals surface area (Å²) in [7, 11) is 2.12. The van der Waals surface area contributed by atoms with E-state index in [-0.39, 0.29) is 0 Å². The molecular weight excluding hydrogens is 232 g/mol. The van der Waals surface area contributed by atoms with Crippen LogP contribution >= 0.6 is 0 Å². The Balaban J connectivity index is 2.32. The van der Waals surface area contributed by atoms with Crippen molar-refractivity contribution in [1.29, 1.82) is 0 Å². The van der Waals surface area contributed by atoms with Crippen molar-refractivity contribution in [2.75, 3.05) is 26.7 Å². The number of likely N-dealkylation sites (N-methyl/N-ethyl adjacent to an activating group) is 1. The molecule has 0 bridgehead atoms. The SMILES string of the molecule is C=CCN(C)Cc1ccc(CCNCC(C)C)cc1. The van der Waals surface area contributed by atoms with E-state index in [2.05, 4.69) is 62.0 Å². The van der Waals surface area contributed by atoms with Crippen LogP contribution in [0.4, 0.5) is 0 Å². The van der Waals surface area contributed by atoms with Gasteiger partial charge in [0.25, 0.3) is 0 Å². The van der Waals surface area contributed by atoms with Gasteiger partial charge in [-0.15, -0.1) is 6.58 Å². The Hall–Kier alpha value is -1.12. The largest absolute Gasteiger partial charge is 0.316 e. The third-order valence-corrected chi connectivity index (χ3v) is 3.06. The van der Waals surface area contributed by atoms with Gasteiger partial charge in [-0.25, -0.2) is 0 Å². The summed E-state index contributed by atoms with van der Waals surface area (Å²) in [6.45, 7) is 12.3. The van der Waals surface area contributed by atoms with Crippen molar-refractivity contribution >= 4 is 0 Å². The first kappa shape index (κ1) is 15.9. The maximum atomic E-state index is 3.76. The van der Waals surface area contributed by atoms with Crippen LogP contribution in [-0.4, -0.2) is 31.6 Å². The van der Waals surface area contributed by atoms with Gasteiger partial charge in [0.2, 0.25) is 0 Å². The van der Waals surface area contributed by atoms with Crippen LogP contribution in [0.3, 0.4) is 0 Å². The summed E-state index contributed by atoms with van der Waals surface area (Å²) in [6, 6.07) is 8.96. The molecule has 0 aromatic heterocycles. The maximum Gasteiger partial charge on any atom is 0.0233 e. The van der Waals surface area contributed by atoms with Crippen LogP contribution in [-0.2, 0) is 13.0 Å². The first-order valence-electron chi connectivity index (χ1n) is 7.19. The topological polar surface area (TPSA) is 15.3 Å². The lowest BCUT2D eigenvalue weighted by Crippen LogP contribution is -2.22. The van der Waals surface area contributed by atoms with E-state index in [0.717, 1.165) is 38.5 Å². The molecule has 0 aliphatic rings. The Bertz CT molecular complexity index is 354. The molecule has 1 aromatic rings. The Morgan fingerprint density at radius 1 is 1.21 bits per heavy atom. The van der Waals surface area contributed by atoms with E-state index in [0.29, 0.717) is 0 Å². The number of nitrogens with one attached hydrogen (secondary N) is 1. The normalized spacial score (nSPS) is 11.2. The number of hydrogen-bond acceptors (Lipinski definition) is 2. The number of nitrogens with zero attached hydrogens (tertiary/aromatic N) is 1. The fourth-order valence-corrected chi connectivity index (χ4v) is 2.03. The fraction of sp³-hybridized carbons (Fsp3) is 0.529. The quantitative estimate of drug-likeness (QED) is 0.542. The van der Waals surface area contributed by atoms with Gasteiger partial charge in [0, 0.05) is 13.1 Å². The molecule has 1 aromatic carbocycles. The molecule has 0 radical (unpaired) electrons. The average molecular weight is 260 g/mol. The van der Waals surface area contributed by atoms with Crippen molar-refractivity contribution < 1.29 is 0 Å². The first-order chi connectivity index (χ1) is 9.11. The van der Waals surface area contributed by atoms with Gasteiger partial charge in [0.1, 0.15) is 0 Å². The molecule has 0 fully saturated rings. The van der Waals surface area contributed by atoms with E-state index in [9.17, 15) is 0 Å². The van der Waals surface area contributed by atoms with Crippen LogP contribution in [0.25, 0.3) is 0 Å². The van der Waals surface area contributed by atoms with Gasteiger partial charge in [-0.2, -0.15) is 0 Å². The molecule has 0 unspecified atom stereocenters. The fourth-order valence-electron chi connectivity index (χ4n) is 2.03. The van der Waals surface area contributed by atoms with Gasteiger partial charge in [0.05, 0.1) is 0 Å². The standard InChI is InChI=1S/C17H28N2/c1-5-12-19(4)14-17-8-6-16(7-9-17)10-11-18-13-15(2)3/h5-9,15,18H,1,10-14H2,2-4H3. The summed E-state index contributed by atoms with van der Waals surface area (Å²) in [5, 5.41) is 3.48. The molecule has 0 amide bonds. The molecule has 0 saturated heterocycles. The number of benzene rings is 1. The minimum absolute atomic E-state index is 0.725. The highest BCUT2D eigenvalue weighted by atomic mass is 15.1. The lowest BCUT2D eigenvalue weighted by molar-refractivity contribution is 0.363. The minimum Gasteiger partial charge on any atom is -0.316 e. The van der Waals surface area contributed by atoms with Gasteiger partial charge in [-0.3, -0.25) is 4.90 Å². The van der Waals surface area contributed by atoms with Crippen LogP contribution in [0.15, 0.2) is 36.9 Å². The molecule has 2 nitrogen and oxygen atoms in total. The number of hydrogen-bond donors (Lipinski definition) is 1. The van der Waals surface area contributed by atoms with E-state index in [1.165, 1.54) is 11.1 Å². The van der Waals surface area contributed by atoms with Crippen molar-refractivity contribution in [3.8, 4) is 0 Å². The van der Waals surface area contributed by atoms with Crippen LogP contribution < -0.4 is 5.32 Å². The van der Waals surface area contributed by atoms with E-state index in [1.54, 1.807) is 0 Å². The van der Waals surface area contributed by atoms with Crippen LogP contribution in [0.2, 0.25) is 0 Å².